The van der Waals surface area contributed by atoms with Gasteiger partial charge in [0.05, 0.1) is 32.0 Å². The smallest absolute Gasteiger partial charge is 0.220 e. The first-order valence-electron chi connectivity index (χ1n) is 29.5. The summed E-state index contributed by atoms with van der Waals surface area (Å²) >= 11 is 0. The monoisotopic (exact) mass is 1050 g/mol. The number of aliphatic hydroxyl groups is 8. The van der Waals surface area contributed by atoms with Gasteiger partial charge < -0.3 is 65.1 Å². The van der Waals surface area contributed by atoms with Crippen molar-refractivity contribution in [2.45, 2.75) is 293 Å². The molecule has 2 heterocycles. The highest BCUT2D eigenvalue weighted by molar-refractivity contribution is 5.76. The van der Waals surface area contributed by atoms with E-state index < -0.39 is 86.8 Å². The quantitative estimate of drug-likeness (QED) is 0.0205. The Morgan fingerprint density at radius 3 is 1.49 bits per heavy atom. The van der Waals surface area contributed by atoms with Crippen molar-refractivity contribution in [3.05, 3.63) is 60.8 Å². The van der Waals surface area contributed by atoms with Crippen LogP contribution in [0.25, 0.3) is 0 Å². The number of hydrogen-bond acceptors (Lipinski definition) is 13. The van der Waals surface area contributed by atoms with Gasteiger partial charge in [0.25, 0.3) is 0 Å². The minimum atomic E-state index is -1.79. The lowest BCUT2D eigenvalue weighted by Gasteiger charge is -2.46. The van der Waals surface area contributed by atoms with Crippen molar-refractivity contribution in [3.8, 4) is 0 Å². The zero-order valence-electron chi connectivity index (χ0n) is 46.1. The molecule has 2 fully saturated rings. The predicted molar refractivity (Wildman–Crippen MR) is 295 cm³/mol. The Hall–Kier alpha value is -2.31. The summed E-state index contributed by atoms with van der Waals surface area (Å²) in [6.45, 7) is 2.67. The SMILES string of the molecule is CC/C=C\C/C=C\C/C=C\CCCCCCCCCC(=O)NC(COC1OC(CO)C(OC2OC(CO)C(O)C(O)C2O)C(O)C1O)C(O)/C=C/CC/C=C/CCCCCCCCCCCCCCCCCCC. The summed E-state index contributed by atoms with van der Waals surface area (Å²) in [7, 11) is 0. The van der Waals surface area contributed by atoms with Gasteiger partial charge in [-0.2, -0.15) is 0 Å². The maximum absolute atomic E-state index is 13.2. The first-order chi connectivity index (χ1) is 36.1. The van der Waals surface area contributed by atoms with E-state index in [-0.39, 0.29) is 18.9 Å². The fraction of sp³-hybridized carbons (Fsp3) is 0.817. The second kappa shape index (κ2) is 45.7. The predicted octanol–water partition coefficient (Wildman–Crippen LogP) is 9.78. The van der Waals surface area contributed by atoms with Crippen LogP contribution in [0, 0.1) is 0 Å². The molecule has 0 aromatic carbocycles. The molecular weight excluding hydrogens is 943 g/mol. The summed E-state index contributed by atoms with van der Waals surface area (Å²) in [5, 5.41) is 87.0. The second-order valence-corrected chi connectivity index (χ2v) is 20.7. The second-order valence-electron chi connectivity index (χ2n) is 20.7. The molecule has 0 bridgehead atoms. The standard InChI is InChI=1S/C60H107NO13/c1-3-5-7-9-11-13-15-17-19-21-22-23-24-25-26-28-29-31-33-35-37-39-41-43-49(64)48(61-52(65)44-42-40-38-36-34-32-30-27-20-18-16-14-12-10-8-6-4-2)47-71-59-57(70)55(68)58(51(46-63)73-59)74-60-56(69)54(67)53(66)50(45-62)72-60/h6,8,12,14,18,20,33,35,41,43,48-51,53-60,62-64,66-70H,3-5,7,9-11,13,15-17,19,21-32,34,36-40,42,44-47H2,1-2H3,(H,61,65)/b8-6-,14-12-,20-18-,35-33+,43-41+. The lowest BCUT2D eigenvalue weighted by molar-refractivity contribution is -0.359. The molecule has 0 spiro atoms. The van der Waals surface area contributed by atoms with Crippen molar-refractivity contribution in [2.24, 2.45) is 0 Å². The zero-order valence-corrected chi connectivity index (χ0v) is 46.1. The Bertz CT molecular complexity index is 1470. The van der Waals surface area contributed by atoms with Crippen LogP contribution in [0.15, 0.2) is 60.8 Å². The molecule has 2 saturated heterocycles. The fourth-order valence-electron chi connectivity index (χ4n) is 9.44. The molecule has 0 aromatic rings. The molecule has 0 aromatic heterocycles. The van der Waals surface area contributed by atoms with Gasteiger partial charge >= 0.3 is 0 Å². The van der Waals surface area contributed by atoms with Crippen molar-refractivity contribution in [1.29, 1.82) is 0 Å². The average molecular weight is 1050 g/mol. The number of carbonyl (C=O) groups excluding carboxylic acids is 1. The van der Waals surface area contributed by atoms with Crippen LogP contribution in [0.2, 0.25) is 0 Å². The number of rotatable bonds is 46. The van der Waals surface area contributed by atoms with Crippen LogP contribution in [-0.2, 0) is 23.7 Å². The molecule has 2 aliphatic heterocycles. The van der Waals surface area contributed by atoms with Gasteiger partial charge in [-0.25, -0.2) is 0 Å². The first kappa shape index (κ1) is 67.8. The summed E-state index contributed by atoms with van der Waals surface area (Å²) in [5.41, 5.74) is 0. The van der Waals surface area contributed by atoms with E-state index in [0.29, 0.717) is 12.8 Å². The molecular formula is C60H107NO13. The molecule has 0 saturated carbocycles. The maximum atomic E-state index is 13.2. The molecule has 2 rings (SSSR count). The lowest BCUT2D eigenvalue weighted by atomic mass is 9.97. The number of amides is 1. The Morgan fingerprint density at radius 1 is 0.500 bits per heavy atom. The van der Waals surface area contributed by atoms with Crippen molar-refractivity contribution in [3.63, 3.8) is 0 Å². The molecule has 2 aliphatic rings. The van der Waals surface area contributed by atoms with Crippen LogP contribution in [0.5, 0.6) is 0 Å². The molecule has 12 unspecified atom stereocenters. The lowest BCUT2D eigenvalue weighted by Crippen LogP contribution is -2.65. The molecule has 9 N–H and O–H groups in total. The summed E-state index contributed by atoms with van der Waals surface area (Å²) in [5.74, 6) is -0.260. The number of nitrogens with one attached hydrogen (secondary N) is 1. The Morgan fingerprint density at radius 2 is 0.946 bits per heavy atom. The summed E-state index contributed by atoms with van der Waals surface area (Å²) in [6, 6.07) is -0.939. The van der Waals surface area contributed by atoms with Crippen LogP contribution in [0.4, 0.5) is 0 Å². The number of aliphatic hydroxyl groups excluding tert-OH is 8. The van der Waals surface area contributed by atoms with Crippen LogP contribution in [-0.4, -0.2) is 140 Å². The van der Waals surface area contributed by atoms with E-state index in [1.54, 1.807) is 6.08 Å². The van der Waals surface area contributed by atoms with Gasteiger partial charge in [0, 0.05) is 6.42 Å². The van der Waals surface area contributed by atoms with E-state index in [1.165, 1.54) is 116 Å². The van der Waals surface area contributed by atoms with E-state index in [1.807, 2.05) is 6.08 Å². The van der Waals surface area contributed by atoms with Crippen molar-refractivity contribution >= 4 is 5.91 Å². The highest BCUT2D eigenvalue weighted by atomic mass is 16.7. The molecule has 0 aliphatic carbocycles. The van der Waals surface area contributed by atoms with E-state index in [4.69, 9.17) is 18.9 Å². The van der Waals surface area contributed by atoms with Crippen LogP contribution < -0.4 is 5.32 Å². The Labute approximate surface area is 447 Å². The topological polar surface area (TPSA) is 228 Å². The third kappa shape index (κ3) is 31.2. The first-order valence-corrected chi connectivity index (χ1v) is 29.5. The van der Waals surface area contributed by atoms with Crippen LogP contribution in [0.1, 0.15) is 219 Å². The third-order valence-electron chi connectivity index (χ3n) is 14.2. The van der Waals surface area contributed by atoms with Crippen LogP contribution in [0.3, 0.4) is 0 Å². The molecule has 14 heteroatoms. The van der Waals surface area contributed by atoms with Gasteiger partial charge in [-0.05, 0) is 64.2 Å². The highest BCUT2D eigenvalue weighted by Crippen LogP contribution is 2.30. The number of unbranched alkanes of at least 4 members (excludes halogenated alkanes) is 25. The summed E-state index contributed by atoms with van der Waals surface area (Å²) < 4.78 is 22.7. The average Bonchev–Trinajstić information content (AvgIpc) is 3.40. The zero-order chi connectivity index (χ0) is 53.9. The molecule has 0 radical (unpaired) electrons. The number of ether oxygens (including phenoxy) is 4. The molecule has 74 heavy (non-hydrogen) atoms. The number of allylic oxidation sites excluding steroid dienone is 9. The Kier molecular flexibility index (Phi) is 41.9. The largest absolute Gasteiger partial charge is 0.394 e. The molecule has 14 nitrogen and oxygen atoms in total. The molecule has 1 amide bonds. The van der Waals surface area contributed by atoms with E-state index in [9.17, 15) is 45.6 Å². The van der Waals surface area contributed by atoms with Gasteiger partial charge in [-0.15, -0.1) is 0 Å². The fourth-order valence-corrected chi connectivity index (χ4v) is 9.44. The van der Waals surface area contributed by atoms with Crippen molar-refractivity contribution in [1.82, 2.24) is 5.32 Å². The van der Waals surface area contributed by atoms with E-state index >= 15 is 0 Å². The normalized spacial score (nSPS) is 25.6. The van der Waals surface area contributed by atoms with Gasteiger partial charge in [0.1, 0.15) is 48.8 Å². The van der Waals surface area contributed by atoms with Gasteiger partial charge in [-0.3, -0.25) is 4.79 Å². The van der Waals surface area contributed by atoms with Crippen LogP contribution >= 0.6 is 0 Å². The molecule has 12 atom stereocenters. The maximum Gasteiger partial charge on any atom is 0.220 e. The third-order valence-corrected chi connectivity index (χ3v) is 14.2. The van der Waals surface area contributed by atoms with E-state index in [0.717, 1.165) is 70.6 Å². The van der Waals surface area contributed by atoms with E-state index in [2.05, 4.69) is 67.8 Å². The van der Waals surface area contributed by atoms with Gasteiger partial charge in [0.2, 0.25) is 5.91 Å². The Balaban J connectivity index is 1.79. The minimum absolute atomic E-state index is 0.260. The molecule has 430 valence electrons. The number of carbonyl (C=O) groups is 1. The minimum Gasteiger partial charge on any atom is -0.394 e. The highest BCUT2D eigenvalue weighted by Gasteiger charge is 2.51. The summed E-state index contributed by atoms with van der Waals surface area (Å²) in [4.78, 5) is 13.2. The summed E-state index contributed by atoms with van der Waals surface area (Å²) in [6.07, 6.45) is 41.2. The van der Waals surface area contributed by atoms with Crippen molar-refractivity contribution in [2.75, 3.05) is 19.8 Å². The van der Waals surface area contributed by atoms with Crippen molar-refractivity contribution < 1.29 is 64.6 Å². The van der Waals surface area contributed by atoms with Gasteiger partial charge in [-0.1, -0.05) is 209 Å². The van der Waals surface area contributed by atoms with Gasteiger partial charge in [0.15, 0.2) is 12.6 Å². The number of hydrogen-bond donors (Lipinski definition) is 9.